The second-order valence-corrected chi connectivity index (χ2v) is 5.45. The fourth-order valence-corrected chi connectivity index (χ4v) is 2.16. The van der Waals surface area contributed by atoms with Gasteiger partial charge in [-0.05, 0) is 11.1 Å². The first-order chi connectivity index (χ1) is 12.3. The summed E-state index contributed by atoms with van der Waals surface area (Å²) in [5, 5.41) is 39.3. The van der Waals surface area contributed by atoms with Crippen LogP contribution in [-0.2, 0) is 31.9 Å². The van der Waals surface area contributed by atoms with Crippen LogP contribution >= 0.6 is 0 Å². The van der Waals surface area contributed by atoms with Crippen LogP contribution in [0.4, 0.5) is 0 Å². The first-order valence-electron chi connectivity index (χ1n) is 7.70. The zero-order valence-electron chi connectivity index (χ0n) is 14.1. The number of hydrogen-bond acceptors (Lipinski definition) is 8. The molecule has 0 saturated heterocycles. The molecule has 8 heteroatoms. The zero-order chi connectivity index (χ0) is 19.7. The average Bonchev–Trinajstić information content (AvgIpc) is 2.62. The monoisotopic (exact) mass is 366 g/mol. The number of esters is 2. The molecule has 1 aromatic rings. The van der Waals surface area contributed by atoms with Crippen LogP contribution in [0.25, 0.3) is 0 Å². The van der Waals surface area contributed by atoms with E-state index in [9.17, 15) is 24.9 Å². The maximum Gasteiger partial charge on any atom is 0.332 e. The van der Waals surface area contributed by atoms with Crippen molar-refractivity contribution in [3.05, 3.63) is 60.7 Å². The van der Waals surface area contributed by atoms with Gasteiger partial charge in [0.25, 0.3) is 12.1 Å². The average molecular weight is 366 g/mol. The molecule has 0 heterocycles. The number of aliphatic hydroxyl groups excluding tert-OH is 3. The molecule has 0 saturated carbocycles. The first kappa shape index (κ1) is 21.5. The number of hydrogen-bond donors (Lipinski definition) is 4. The molecule has 1 aromatic carbocycles. The molecule has 3 atom stereocenters. The van der Waals surface area contributed by atoms with E-state index in [0.717, 1.165) is 12.2 Å². The van der Waals surface area contributed by atoms with Crippen molar-refractivity contribution >= 4 is 11.9 Å². The third kappa shape index (κ3) is 6.08. The topological polar surface area (TPSA) is 134 Å². The smallest absolute Gasteiger partial charge is 0.332 e. The lowest BCUT2D eigenvalue weighted by atomic mass is 9.95. The maximum atomic E-state index is 11.5. The van der Waals surface area contributed by atoms with E-state index in [-0.39, 0.29) is 6.42 Å². The minimum atomic E-state index is -2.61. The van der Waals surface area contributed by atoms with Gasteiger partial charge >= 0.3 is 11.9 Å². The standard InChI is InChI=1S/C18H22O8/c1-3-15(21)25-17(23)18(24,26-16(22)4-2)10-13-8-6-5-7-12(13)9-14(20)11-19/h3-8,14,17,19-20,23-24H,1-2,9-11H2. The minimum Gasteiger partial charge on any atom is -0.425 e. The summed E-state index contributed by atoms with van der Waals surface area (Å²) in [6.45, 7) is 5.91. The van der Waals surface area contributed by atoms with Gasteiger partial charge in [-0.1, -0.05) is 37.4 Å². The lowest BCUT2D eigenvalue weighted by molar-refractivity contribution is -0.299. The molecule has 8 nitrogen and oxygen atoms in total. The molecule has 0 aliphatic carbocycles. The predicted molar refractivity (Wildman–Crippen MR) is 90.5 cm³/mol. The molecule has 4 N–H and O–H groups in total. The van der Waals surface area contributed by atoms with E-state index in [1.807, 2.05) is 0 Å². The highest BCUT2D eigenvalue weighted by Crippen LogP contribution is 2.24. The van der Waals surface area contributed by atoms with Crippen molar-refractivity contribution in [1.82, 2.24) is 0 Å². The fraction of sp³-hybridized carbons (Fsp3) is 0.333. The summed E-state index contributed by atoms with van der Waals surface area (Å²) in [5.41, 5.74) is 0.928. The van der Waals surface area contributed by atoms with Crippen LogP contribution in [0.1, 0.15) is 11.1 Å². The number of aliphatic hydroxyl groups is 4. The van der Waals surface area contributed by atoms with Crippen LogP contribution < -0.4 is 0 Å². The van der Waals surface area contributed by atoms with Gasteiger partial charge in [-0.15, -0.1) is 0 Å². The Morgan fingerprint density at radius 3 is 2.23 bits per heavy atom. The normalized spacial score (nSPS) is 15.2. The molecule has 0 bridgehead atoms. The summed E-state index contributed by atoms with van der Waals surface area (Å²) in [7, 11) is 0. The van der Waals surface area contributed by atoms with Gasteiger partial charge in [-0.3, -0.25) is 0 Å². The van der Waals surface area contributed by atoms with Gasteiger partial charge in [0.15, 0.2) is 0 Å². The number of carbonyl (C=O) groups is 2. The Morgan fingerprint density at radius 2 is 1.69 bits per heavy atom. The molecule has 0 aliphatic heterocycles. The molecule has 0 radical (unpaired) electrons. The summed E-state index contributed by atoms with van der Waals surface area (Å²) < 4.78 is 9.38. The first-order valence-corrected chi connectivity index (χ1v) is 7.70. The summed E-state index contributed by atoms with van der Waals surface area (Å²) >= 11 is 0. The summed E-state index contributed by atoms with van der Waals surface area (Å²) in [6, 6.07) is 6.49. The molecule has 0 aliphatic rings. The second-order valence-electron chi connectivity index (χ2n) is 5.45. The van der Waals surface area contributed by atoms with Crippen molar-refractivity contribution in [1.29, 1.82) is 0 Å². The molecule has 0 aromatic heterocycles. The van der Waals surface area contributed by atoms with Gasteiger partial charge < -0.3 is 29.9 Å². The number of benzene rings is 1. The van der Waals surface area contributed by atoms with Crippen molar-refractivity contribution in [2.45, 2.75) is 31.0 Å². The van der Waals surface area contributed by atoms with Gasteiger partial charge in [0.2, 0.25) is 0 Å². The third-order valence-electron chi connectivity index (χ3n) is 3.45. The lowest BCUT2D eigenvalue weighted by Crippen LogP contribution is -2.50. The van der Waals surface area contributed by atoms with Gasteiger partial charge in [0.1, 0.15) is 0 Å². The quantitative estimate of drug-likeness (QED) is 0.249. The molecule has 142 valence electrons. The Bertz CT molecular complexity index is 656. The Kier molecular flexibility index (Phi) is 8.14. The summed E-state index contributed by atoms with van der Waals surface area (Å²) in [5.74, 6) is -4.69. The molecule has 3 unspecified atom stereocenters. The SMILES string of the molecule is C=CC(=O)OC(O)C(O)(Cc1ccccc1CC(O)CO)OC(=O)C=C. The number of carbonyl (C=O) groups excluding carboxylic acids is 2. The van der Waals surface area contributed by atoms with E-state index in [2.05, 4.69) is 17.9 Å². The lowest BCUT2D eigenvalue weighted by Gasteiger charge is -2.31. The van der Waals surface area contributed by atoms with Crippen LogP contribution in [0, 0.1) is 0 Å². The summed E-state index contributed by atoms with van der Waals surface area (Å²) in [4.78, 5) is 22.8. The summed E-state index contributed by atoms with van der Waals surface area (Å²) in [6.07, 6.45) is -2.09. The van der Waals surface area contributed by atoms with Crippen LogP contribution in [0.5, 0.6) is 0 Å². The number of rotatable bonds is 10. The van der Waals surface area contributed by atoms with E-state index < -0.39 is 43.1 Å². The van der Waals surface area contributed by atoms with Gasteiger partial charge in [0, 0.05) is 25.0 Å². The van der Waals surface area contributed by atoms with Gasteiger partial charge in [-0.25, -0.2) is 9.59 Å². The van der Waals surface area contributed by atoms with E-state index in [1.165, 1.54) is 0 Å². The molecule has 0 amide bonds. The minimum absolute atomic E-state index is 0.0562. The van der Waals surface area contributed by atoms with Crippen molar-refractivity contribution in [3.63, 3.8) is 0 Å². The second kappa shape index (κ2) is 9.83. The van der Waals surface area contributed by atoms with Gasteiger partial charge in [0.05, 0.1) is 12.7 Å². The van der Waals surface area contributed by atoms with Crippen molar-refractivity contribution in [2.24, 2.45) is 0 Å². The van der Waals surface area contributed by atoms with Gasteiger partial charge in [-0.2, -0.15) is 0 Å². The Labute approximate surface area is 150 Å². The van der Waals surface area contributed by atoms with Crippen molar-refractivity contribution < 1.29 is 39.5 Å². The molecule has 0 spiro atoms. The fourth-order valence-electron chi connectivity index (χ4n) is 2.16. The highest BCUT2D eigenvalue weighted by molar-refractivity contribution is 5.82. The molecule has 1 rings (SSSR count). The highest BCUT2D eigenvalue weighted by atomic mass is 16.7. The van der Waals surface area contributed by atoms with Crippen LogP contribution in [0.2, 0.25) is 0 Å². The molecular weight excluding hydrogens is 344 g/mol. The molecule has 0 fully saturated rings. The Balaban J connectivity index is 3.16. The Hall–Kier alpha value is -2.52. The molecular formula is C18H22O8. The largest absolute Gasteiger partial charge is 0.425 e. The van der Waals surface area contributed by atoms with E-state index in [0.29, 0.717) is 11.1 Å². The van der Waals surface area contributed by atoms with E-state index in [1.54, 1.807) is 24.3 Å². The van der Waals surface area contributed by atoms with E-state index >= 15 is 0 Å². The molecule has 26 heavy (non-hydrogen) atoms. The highest BCUT2D eigenvalue weighted by Gasteiger charge is 2.43. The van der Waals surface area contributed by atoms with Crippen LogP contribution in [-0.4, -0.2) is 57.2 Å². The van der Waals surface area contributed by atoms with Crippen molar-refractivity contribution in [2.75, 3.05) is 6.61 Å². The van der Waals surface area contributed by atoms with Crippen molar-refractivity contribution in [3.8, 4) is 0 Å². The third-order valence-corrected chi connectivity index (χ3v) is 3.45. The predicted octanol–water partition coefficient (Wildman–Crippen LogP) is -0.410. The number of ether oxygens (including phenoxy) is 2. The van der Waals surface area contributed by atoms with E-state index in [4.69, 9.17) is 9.84 Å². The Morgan fingerprint density at radius 1 is 1.12 bits per heavy atom. The van der Waals surface area contributed by atoms with Crippen LogP contribution in [0.15, 0.2) is 49.6 Å². The maximum absolute atomic E-state index is 11.5. The zero-order valence-corrected chi connectivity index (χ0v) is 14.1. The van der Waals surface area contributed by atoms with Crippen LogP contribution in [0.3, 0.4) is 0 Å².